The molecule has 0 aliphatic heterocycles. The first-order valence-electron chi connectivity index (χ1n) is 8.92. The minimum atomic E-state index is -3.44. The Hall–Kier alpha value is -2.87. The number of sulfonamides is 1. The predicted octanol–water partition coefficient (Wildman–Crippen LogP) is 3.23. The molecule has 2 rings (SSSR count). The number of anilines is 2. The fourth-order valence-corrected chi connectivity index (χ4v) is 2.96. The molecule has 0 bridgehead atoms. The van der Waals surface area contributed by atoms with Crippen molar-refractivity contribution in [2.45, 2.75) is 39.0 Å². The van der Waals surface area contributed by atoms with Crippen LogP contribution in [0, 0.1) is 0 Å². The summed E-state index contributed by atoms with van der Waals surface area (Å²) in [4.78, 5) is 24.5. The average Bonchev–Trinajstić information content (AvgIpc) is 2.61. The van der Waals surface area contributed by atoms with Crippen molar-refractivity contribution >= 4 is 33.2 Å². The van der Waals surface area contributed by atoms with Gasteiger partial charge < -0.3 is 10.6 Å². The summed E-state index contributed by atoms with van der Waals surface area (Å²) in [7, 11) is -3.44. The Morgan fingerprint density at radius 2 is 1.46 bits per heavy atom. The Labute approximate surface area is 165 Å². The van der Waals surface area contributed by atoms with E-state index in [1.165, 1.54) is 24.3 Å². The monoisotopic (exact) mass is 403 g/mol. The molecule has 2 aromatic rings. The SMILES string of the molecule is CC(C)NC(=O)c1cccc(NC(=O)c2ccc(NS(=O)(=O)C(C)C)cc2)c1. The van der Waals surface area contributed by atoms with Gasteiger partial charge in [0.25, 0.3) is 11.8 Å². The van der Waals surface area contributed by atoms with Gasteiger partial charge in [-0.25, -0.2) is 8.42 Å². The third-order valence-corrected chi connectivity index (χ3v) is 5.59. The van der Waals surface area contributed by atoms with Gasteiger partial charge in [0, 0.05) is 28.5 Å². The average molecular weight is 404 g/mol. The minimum absolute atomic E-state index is 0.0115. The van der Waals surface area contributed by atoms with Crippen molar-refractivity contribution < 1.29 is 18.0 Å². The molecule has 3 N–H and O–H groups in total. The predicted molar refractivity (Wildman–Crippen MR) is 111 cm³/mol. The van der Waals surface area contributed by atoms with Crippen molar-refractivity contribution in [1.29, 1.82) is 0 Å². The first-order valence-corrected chi connectivity index (χ1v) is 10.5. The Kier molecular flexibility index (Phi) is 6.80. The molecule has 28 heavy (non-hydrogen) atoms. The molecule has 0 aliphatic carbocycles. The Bertz CT molecular complexity index is 952. The number of benzene rings is 2. The van der Waals surface area contributed by atoms with E-state index >= 15 is 0 Å². The standard InChI is InChI=1S/C20H25N3O4S/c1-13(2)21-20(25)16-6-5-7-18(12-16)22-19(24)15-8-10-17(11-9-15)23-28(26,27)14(3)4/h5-14,23H,1-4H3,(H,21,25)(H,22,24). The zero-order valence-corrected chi connectivity index (χ0v) is 17.1. The molecule has 0 radical (unpaired) electrons. The van der Waals surface area contributed by atoms with E-state index in [4.69, 9.17) is 0 Å². The first-order chi connectivity index (χ1) is 13.1. The van der Waals surface area contributed by atoms with E-state index in [9.17, 15) is 18.0 Å². The molecule has 0 spiro atoms. The van der Waals surface area contributed by atoms with Gasteiger partial charge in [0.05, 0.1) is 5.25 Å². The highest BCUT2D eigenvalue weighted by molar-refractivity contribution is 7.93. The molecule has 0 atom stereocenters. The largest absolute Gasteiger partial charge is 0.350 e. The summed E-state index contributed by atoms with van der Waals surface area (Å²) in [6.07, 6.45) is 0. The van der Waals surface area contributed by atoms with E-state index in [1.54, 1.807) is 38.1 Å². The highest BCUT2D eigenvalue weighted by atomic mass is 32.2. The second kappa shape index (κ2) is 8.88. The molecule has 8 heteroatoms. The highest BCUT2D eigenvalue weighted by Crippen LogP contribution is 2.16. The molecule has 7 nitrogen and oxygen atoms in total. The number of amides is 2. The zero-order chi connectivity index (χ0) is 20.9. The molecule has 0 heterocycles. The van der Waals surface area contributed by atoms with Crippen molar-refractivity contribution in [3.63, 3.8) is 0 Å². The number of hydrogen-bond acceptors (Lipinski definition) is 4. The Morgan fingerprint density at radius 3 is 2.04 bits per heavy atom. The van der Waals surface area contributed by atoms with Crippen molar-refractivity contribution in [3.05, 3.63) is 59.7 Å². The number of carbonyl (C=O) groups is 2. The summed E-state index contributed by atoms with van der Waals surface area (Å²) in [5, 5.41) is 4.97. The van der Waals surface area contributed by atoms with Gasteiger partial charge in [0.1, 0.15) is 0 Å². The number of hydrogen-bond donors (Lipinski definition) is 3. The van der Waals surface area contributed by atoms with Gasteiger partial charge in [0.2, 0.25) is 10.0 Å². The summed E-state index contributed by atoms with van der Waals surface area (Å²) >= 11 is 0. The molecular formula is C20H25N3O4S. The lowest BCUT2D eigenvalue weighted by Gasteiger charge is -2.12. The quantitative estimate of drug-likeness (QED) is 0.660. The maximum atomic E-state index is 12.4. The molecule has 2 amide bonds. The Balaban J connectivity index is 2.08. The van der Waals surface area contributed by atoms with Crippen LogP contribution in [0.1, 0.15) is 48.4 Å². The van der Waals surface area contributed by atoms with Gasteiger partial charge in [-0.15, -0.1) is 0 Å². The van der Waals surface area contributed by atoms with E-state index in [1.807, 2.05) is 13.8 Å². The fraction of sp³-hybridized carbons (Fsp3) is 0.300. The van der Waals surface area contributed by atoms with Crippen LogP contribution in [0.3, 0.4) is 0 Å². The van der Waals surface area contributed by atoms with Crippen LogP contribution < -0.4 is 15.4 Å². The summed E-state index contributed by atoms with van der Waals surface area (Å²) < 4.78 is 26.2. The molecule has 0 aliphatic rings. The third-order valence-electron chi connectivity index (χ3n) is 3.83. The van der Waals surface area contributed by atoms with Crippen LogP contribution in [0.2, 0.25) is 0 Å². The lowest BCUT2D eigenvalue weighted by atomic mass is 10.1. The van der Waals surface area contributed by atoms with Crippen LogP contribution in [-0.2, 0) is 10.0 Å². The second-order valence-corrected chi connectivity index (χ2v) is 9.17. The first kappa shape index (κ1) is 21.4. The minimum Gasteiger partial charge on any atom is -0.350 e. The maximum Gasteiger partial charge on any atom is 0.255 e. The summed E-state index contributed by atoms with van der Waals surface area (Å²) in [6.45, 7) is 6.91. The van der Waals surface area contributed by atoms with Crippen LogP contribution in [-0.4, -0.2) is 31.5 Å². The van der Waals surface area contributed by atoms with Gasteiger partial charge >= 0.3 is 0 Å². The smallest absolute Gasteiger partial charge is 0.255 e. The van der Waals surface area contributed by atoms with E-state index in [0.29, 0.717) is 22.5 Å². The highest BCUT2D eigenvalue weighted by Gasteiger charge is 2.16. The number of carbonyl (C=O) groups excluding carboxylic acids is 2. The molecule has 2 aromatic carbocycles. The van der Waals surface area contributed by atoms with E-state index in [0.717, 1.165) is 0 Å². The topological polar surface area (TPSA) is 104 Å². The Morgan fingerprint density at radius 1 is 0.821 bits per heavy atom. The van der Waals surface area contributed by atoms with Gasteiger partial charge in [-0.05, 0) is 70.2 Å². The van der Waals surface area contributed by atoms with E-state index in [-0.39, 0.29) is 17.9 Å². The lowest BCUT2D eigenvalue weighted by Crippen LogP contribution is -2.30. The van der Waals surface area contributed by atoms with Crippen molar-refractivity contribution in [1.82, 2.24) is 5.32 Å². The molecule has 150 valence electrons. The zero-order valence-electron chi connectivity index (χ0n) is 16.3. The summed E-state index contributed by atoms with van der Waals surface area (Å²) in [5.74, 6) is -0.576. The third kappa shape index (κ3) is 5.82. The fourth-order valence-electron chi connectivity index (χ4n) is 2.26. The van der Waals surface area contributed by atoms with Crippen molar-refractivity contribution in [3.8, 4) is 0 Å². The van der Waals surface area contributed by atoms with Crippen LogP contribution in [0.4, 0.5) is 11.4 Å². The van der Waals surface area contributed by atoms with Gasteiger partial charge in [0.15, 0.2) is 0 Å². The van der Waals surface area contributed by atoms with Crippen LogP contribution in [0.5, 0.6) is 0 Å². The molecule has 0 unspecified atom stereocenters. The van der Waals surface area contributed by atoms with Crippen molar-refractivity contribution in [2.75, 3.05) is 10.0 Å². The van der Waals surface area contributed by atoms with E-state index in [2.05, 4.69) is 15.4 Å². The van der Waals surface area contributed by atoms with Gasteiger partial charge in [-0.3, -0.25) is 14.3 Å². The number of nitrogens with one attached hydrogen (secondary N) is 3. The molecule has 0 saturated carbocycles. The normalized spacial score (nSPS) is 11.4. The maximum absolute atomic E-state index is 12.4. The van der Waals surface area contributed by atoms with Crippen LogP contribution in [0.15, 0.2) is 48.5 Å². The number of rotatable bonds is 7. The molecular weight excluding hydrogens is 378 g/mol. The second-order valence-electron chi connectivity index (χ2n) is 6.94. The van der Waals surface area contributed by atoms with Crippen molar-refractivity contribution in [2.24, 2.45) is 0 Å². The van der Waals surface area contributed by atoms with Crippen LogP contribution >= 0.6 is 0 Å². The van der Waals surface area contributed by atoms with Gasteiger partial charge in [-0.1, -0.05) is 6.07 Å². The van der Waals surface area contributed by atoms with E-state index < -0.39 is 15.3 Å². The molecule has 0 fully saturated rings. The summed E-state index contributed by atoms with van der Waals surface area (Å²) in [5.41, 5.74) is 1.69. The molecule has 0 saturated heterocycles. The van der Waals surface area contributed by atoms with Gasteiger partial charge in [-0.2, -0.15) is 0 Å². The molecule has 0 aromatic heterocycles. The lowest BCUT2D eigenvalue weighted by molar-refractivity contribution is 0.0941. The van der Waals surface area contributed by atoms with Crippen LogP contribution in [0.25, 0.3) is 0 Å². The summed E-state index contributed by atoms with van der Waals surface area (Å²) in [6, 6.07) is 12.8.